The molecule has 0 radical (unpaired) electrons. The van der Waals surface area contributed by atoms with Gasteiger partial charge in [-0.2, -0.15) is 13.4 Å². The molecule has 0 saturated carbocycles. The fourth-order valence-electron chi connectivity index (χ4n) is 3.05. The molecule has 2 aromatic heterocycles. The molecule has 29 heavy (non-hydrogen) atoms. The highest BCUT2D eigenvalue weighted by atomic mass is 32.2. The zero-order valence-corrected chi connectivity index (χ0v) is 16.9. The molecule has 0 amide bonds. The largest absolute Gasteiger partial charge is 0.479 e. The van der Waals surface area contributed by atoms with Crippen molar-refractivity contribution < 1.29 is 31.1 Å². The van der Waals surface area contributed by atoms with Crippen molar-refractivity contribution in [3.63, 3.8) is 0 Å². The predicted octanol–water partition coefficient (Wildman–Crippen LogP) is 2.84. The van der Waals surface area contributed by atoms with E-state index in [4.69, 9.17) is 4.74 Å². The van der Waals surface area contributed by atoms with Gasteiger partial charge in [-0.25, -0.2) is 18.2 Å². The summed E-state index contributed by atoms with van der Waals surface area (Å²) < 4.78 is 77.8. The first-order valence-electron chi connectivity index (χ1n) is 8.75. The molecule has 0 atom stereocenters. The summed E-state index contributed by atoms with van der Waals surface area (Å²) in [5.41, 5.74) is -0.277. The van der Waals surface area contributed by atoms with Gasteiger partial charge in [0.2, 0.25) is 5.88 Å². The first-order valence-corrected chi connectivity index (χ1v) is 10.2. The molecule has 3 rings (SSSR count). The van der Waals surface area contributed by atoms with Crippen LogP contribution in [0.4, 0.5) is 18.9 Å². The Hall–Kier alpha value is -2.50. The smallest absolute Gasteiger partial charge is 0.279 e. The summed E-state index contributed by atoms with van der Waals surface area (Å²) in [5.74, 6) is -1.50. The summed E-state index contributed by atoms with van der Waals surface area (Å²) >= 11 is 0. The lowest BCUT2D eigenvalue weighted by Crippen LogP contribution is -2.28. The van der Waals surface area contributed by atoms with Gasteiger partial charge in [-0.05, 0) is 11.8 Å². The first-order chi connectivity index (χ1) is 13.5. The molecule has 0 fully saturated rings. The maximum atomic E-state index is 14.2. The van der Waals surface area contributed by atoms with Gasteiger partial charge in [-0.1, -0.05) is 13.8 Å². The predicted molar refractivity (Wildman–Crippen MR) is 97.4 cm³/mol. The molecule has 0 aromatic carbocycles. The van der Waals surface area contributed by atoms with Crippen LogP contribution in [0, 0.1) is 11.2 Å². The van der Waals surface area contributed by atoms with Gasteiger partial charge in [-0.15, -0.1) is 0 Å². The molecule has 0 bridgehead atoms. The molecule has 2 aromatic rings. The molecule has 1 aliphatic rings. The second-order valence-electron chi connectivity index (χ2n) is 7.40. The maximum absolute atomic E-state index is 14.2. The Bertz CT molecular complexity index is 1010. The van der Waals surface area contributed by atoms with Gasteiger partial charge < -0.3 is 14.0 Å². The molecule has 8 nitrogen and oxygen atoms in total. The van der Waals surface area contributed by atoms with E-state index in [1.165, 1.54) is 13.3 Å². The van der Waals surface area contributed by atoms with E-state index in [1.54, 1.807) is 4.57 Å². The molecule has 0 saturated heterocycles. The highest BCUT2D eigenvalue weighted by molar-refractivity contribution is 7.92. The third-order valence-corrected chi connectivity index (χ3v) is 5.88. The van der Waals surface area contributed by atoms with Gasteiger partial charge in [0.15, 0.2) is 17.5 Å². The van der Waals surface area contributed by atoms with Gasteiger partial charge in [0.1, 0.15) is 11.5 Å². The van der Waals surface area contributed by atoms with E-state index in [2.05, 4.69) is 33.3 Å². The summed E-state index contributed by atoms with van der Waals surface area (Å²) in [7, 11) is -2.96. The number of rotatable bonds is 7. The molecular weight excluding hydrogens is 413 g/mol. The Morgan fingerprint density at radius 1 is 1.34 bits per heavy atom. The second kappa shape index (κ2) is 7.73. The normalized spacial score (nSPS) is 15.8. The Labute approximate surface area is 166 Å². The van der Waals surface area contributed by atoms with Crippen LogP contribution >= 0.6 is 0 Å². The average Bonchev–Trinajstić information content (AvgIpc) is 3.03. The van der Waals surface area contributed by atoms with E-state index < -0.39 is 34.8 Å². The fraction of sp³-hybridized carbons (Fsp3) is 0.529. The quantitative estimate of drug-likeness (QED) is 0.720. The van der Waals surface area contributed by atoms with E-state index in [0.29, 0.717) is 18.8 Å². The van der Waals surface area contributed by atoms with Crippen molar-refractivity contribution in [2.75, 3.05) is 18.4 Å². The number of halogens is 3. The molecule has 1 N–H and O–H groups in total. The van der Waals surface area contributed by atoms with Gasteiger partial charge >= 0.3 is 0 Å². The third-order valence-electron chi connectivity index (χ3n) is 4.52. The number of pyridine rings is 1. The van der Waals surface area contributed by atoms with E-state index in [9.17, 15) is 21.6 Å². The number of hydrogen-bond acceptors (Lipinski definition) is 6. The number of alkyl halides is 2. The molecule has 160 valence electrons. The minimum absolute atomic E-state index is 0.0140. The number of anilines is 1. The van der Waals surface area contributed by atoms with E-state index >= 15 is 0 Å². The topological polar surface area (TPSA) is 95.3 Å². The SMILES string of the molecule is COc1nc(OCC(F)F)c(F)cc1NS(=O)(=O)c1cnc2n1CCC(C)(C)C2. The lowest BCUT2D eigenvalue weighted by molar-refractivity contribution is 0.0770. The molecule has 0 spiro atoms. The van der Waals surface area contributed by atoms with Crippen molar-refractivity contribution in [1.82, 2.24) is 14.5 Å². The van der Waals surface area contributed by atoms with Crippen LogP contribution in [0.3, 0.4) is 0 Å². The summed E-state index contributed by atoms with van der Waals surface area (Å²) in [4.78, 5) is 7.84. The number of aromatic nitrogens is 3. The van der Waals surface area contributed by atoms with E-state index in [0.717, 1.165) is 12.5 Å². The maximum Gasteiger partial charge on any atom is 0.279 e. The van der Waals surface area contributed by atoms with Gasteiger partial charge in [0, 0.05) is 19.0 Å². The Morgan fingerprint density at radius 3 is 2.72 bits per heavy atom. The van der Waals surface area contributed by atoms with Gasteiger partial charge in [0.05, 0.1) is 13.3 Å². The Balaban J connectivity index is 1.89. The molecular formula is C17H21F3N4O4S. The fourth-order valence-corrected chi connectivity index (χ4v) is 4.27. The lowest BCUT2D eigenvalue weighted by atomic mass is 9.83. The Kier molecular flexibility index (Phi) is 5.65. The van der Waals surface area contributed by atoms with Crippen molar-refractivity contribution in [2.24, 2.45) is 5.41 Å². The lowest BCUT2D eigenvalue weighted by Gasteiger charge is -2.30. The van der Waals surface area contributed by atoms with E-state index in [-0.39, 0.29) is 22.0 Å². The standard InChI is InChI=1S/C17H21F3N4O4S/c1-17(2)4-5-24-13(7-17)21-8-14(24)29(25,26)23-11-6-10(18)15(22-16(11)27-3)28-9-12(19)20/h6,8,12,23H,4-5,7,9H2,1-3H3. The van der Waals surface area contributed by atoms with Crippen LogP contribution in [0.2, 0.25) is 0 Å². The van der Waals surface area contributed by atoms with Crippen molar-refractivity contribution in [1.29, 1.82) is 0 Å². The number of nitrogens with one attached hydrogen (secondary N) is 1. The number of hydrogen-bond donors (Lipinski definition) is 1. The van der Waals surface area contributed by atoms with Crippen molar-refractivity contribution in [2.45, 2.75) is 44.7 Å². The molecule has 1 aliphatic heterocycles. The summed E-state index contributed by atoms with van der Waals surface area (Å²) in [5, 5.41) is -0.0662. The molecule has 3 heterocycles. The number of fused-ring (bicyclic) bond motifs is 1. The van der Waals surface area contributed by atoms with Crippen LogP contribution in [0.15, 0.2) is 17.3 Å². The van der Waals surface area contributed by atoms with Gasteiger partial charge in [-0.3, -0.25) is 4.72 Å². The zero-order chi connectivity index (χ0) is 21.4. The second-order valence-corrected chi connectivity index (χ2v) is 9.02. The van der Waals surface area contributed by atoms with Crippen molar-refractivity contribution in [3.05, 3.63) is 23.9 Å². The zero-order valence-electron chi connectivity index (χ0n) is 16.1. The van der Waals surface area contributed by atoms with Crippen LogP contribution in [-0.4, -0.2) is 43.1 Å². The summed E-state index contributed by atoms with van der Waals surface area (Å²) in [6.07, 6.45) is -0.180. The van der Waals surface area contributed by atoms with Gasteiger partial charge in [0.25, 0.3) is 22.3 Å². The number of ether oxygens (including phenoxy) is 2. The average molecular weight is 434 g/mol. The summed E-state index contributed by atoms with van der Waals surface area (Å²) in [6.45, 7) is 3.57. The van der Waals surface area contributed by atoms with Crippen molar-refractivity contribution >= 4 is 15.7 Å². The monoisotopic (exact) mass is 434 g/mol. The third kappa shape index (κ3) is 4.57. The molecule has 0 aliphatic carbocycles. The van der Waals surface area contributed by atoms with Crippen molar-refractivity contribution in [3.8, 4) is 11.8 Å². The summed E-state index contributed by atoms with van der Waals surface area (Å²) in [6, 6.07) is 0.765. The highest BCUT2D eigenvalue weighted by Crippen LogP contribution is 2.34. The molecule has 12 heteroatoms. The highest BCUT2D eigenvalue weighted by Gasteiger charge is 2.32. The van der Waals surface area contributed by atoms with Crippen LogP contribution < -0.4 is 14.2 Å². The van der Waals surface area contributed by atoms with Crippen LogP contribution in [0.25, 0.3) is 0 Å². The van der Waals surface area contributed by atoms with Crippen LogP contribution in [-0.2, 0) is 23.0 Å². The minimum Gasteiger partial charge on any atom is -0.479 e. The number of sulfonamides is 1. The van der Waals surface area contributed by atoms with E-state index in [1.807, 2.05) is 0 Å². The Morgan fingerprint density at radius 2 is 2.07 bits per heavy atom. The number of imidazole rings is 1. The van der Waals surface area contributed by atoms with Crippen LogP contribution in [0.1, 0.15) is 26.1 Å². The number of nitrogens with zero attached hydrogens (tertiary/aromatic N) is 3. The first kappa shape index (κ1) is 21.2. The minimum atomic E-state index is -4.13. The van der Waals surface area contributed by atoms with Crippen LogP contribution in [0.5, 0.6) is 11.8 Å². The molecule has 0 unspecified atom stereocenters. The number of methoxy groups -OCH3 is 1.